The summed E-state index contributed by atoms with van der Waals surface area (Å²) in [5.41, 5.74) is 0.234. The highest BCUT2D eigenvalue weighted by Gasteiger charge is 2.19. The van der Waals surface area contributed by atoms with Gasteiger partial charge in [-0.05, 0) is 40.7 Å². The molecule has 1 aliphatic rings. The van der Waals surface area contributed by atoms with E-state index >= 15 is 0 Å². The minimum absolute atomic E-state index is 0.0805. The number of nitrogens with one attached hydrogen (secondary N) is 1. The molecule has 1 atom stereocenters. The SMILES string of the molecule is CC(C)(C)OC=O.Cc1nc(N2CCN[C@H](C)C2)ccc1[N+](=O)[O-]. The van der Waals surface area contributed by atoms with E-state index in [0.717, 1.165) is 25.5 Å². The molecular weight excluding hydrogens is 312 g/mol. The van der Waals surface area contributed by atoms with Gasteiger partial charge >= 0.3 is 0 Å². The van der Waals surface area contributed by atoms with Gasteiger partial charge in [-0.3, -0.25) is 14.9 Å². The Bertz CT molecular complexity index is 572. The molecule has 134 valence electrons. The van der Waals surface area contributed by atoms with E-state index in [-0.39, 0.29) is 11.3 Å². The van der Waals surface area contributed by atoms with Crippen molar-refractivity contribution >= 4 is 18.0 Å². The summed E-state index contributed by atoms with van der Waals surface area (Å²) in [6.45, 7) is 12.4. The number of aromatic nitrogens is 1. The predicted molar refractivity (Wildman–Crippen MR) is 92.2 cm³/mol. The van der Waals surface area contributed by atoms with Crippen LogP contribution in [0.3, 0.4) is 0 Å². The number of rotatable bonds is 3. The molecule has 1 aromatic heterocycles. The van der Waals surface area contributed by atoms with Crippen LogP contribution in [0.25, 0.3) is 0 Å². The second kappa shape index (κ2) is 8.58. The minimum Gasteiger partial charge on any atom is -0.462 e. The van der Waals surface area contributed by atoms with Crippen LogP contribution in [0.4, 0.5) is 11.5 Å². The summed E-state index contributed by atoms with van der Waals surface area (Å²) in [6, 6.07) is 3.68. The van der Waals surface area contributed by atoms with E-state index in [1.807, 2.05) is 20.8 Å². The van der Waals surface area contributed by atoms with E-state index in [4.69, 9.17) is 0 Å². The number of hydrogen-bond donors (Lipinski definition) is 1. The minimum atomic E-state index is -0.396. The van der Waals surface area contributed by atoms with Crippen LogP contribution in [0.1, 0.15) is 33.4 Å². The van der Waals surface area contributed by atoms with Gasteiger partial charge in [0.2, 0.25) is 0 Å². The fourth-order valence-corrected chi connectivity index (χ4v) is 2.19. The number of pyridine rings is 1. The highest BCUT2D eigenvalue weighted by Crippen LogP contribution is 2.21. The third-order valence-electron chi connectivity index (χ3n) is 3.33. The molecule has 0 amide bonds. The lowest BCUT2D eigenvalue weighted by Gasteiger charge is -2.32. The zero-order chi connectivity index (χ0) is 18.3. The van der Waals surface area contributed by atoms with Crippen LogP contribution in [-0.4, -0.2) is 47.7 Å². The zero-order valence-corrected chi connectivity index (χ0v) is 14.9. The Morgan fingerprint density at radius 2 is 2.12 bits per heavy atom. The summed E-state index contributed by atoms with van der Waals surface area (Å²) in [4.78, 5) is 26.4. The van der Waals surface area contributed by atoms with Crippen molar-refractivity contribution in [3.63, 3.8) is 0 Å². The van der Waals surface area contributed by atoms with Gasteiger partial charge in [0.25, 0.3) is 12.2 Å². The first kappa shape index (κ1) is 19.8. The molecule has 0 aromatic carbocycles. The standard InChI is InChI=1S/C11H16N4O2.C5H10O2/c1-8-7-14(6-5-12-8)11-4-3-10(15(16)17)9(2)13-11;1-5(2,3)7-4-6/h3-4,8,12H,5-7H2,1-2H3;4H,1-3H3/t8-;/m1./s1. The van der Waals surface area contributed by atoms with E-state index in [0.29, 0.717) is 18.2 Å². The number of aryl methyl sites for hydroxylation is 1. The summed E-state index contributed by atoms with van der Waals surface area (Å²) in [7, 11) is 0. The van der Waals surface area contributed by atoms with Crippen molar-refractivity contribution in [1.29, 1.82) is 0 Å². The van der Waals surface area contributed by atoms with E-state index in [2.05, 4.69) is 26.9 Å². The number of carbonyl (C=O) groups is 1. The predicted octanol–water partition coefficient (Wildman–Crippen LogP) is 2.05. The van der Waals surface area contributed by atoms with Crippen molar-refractivity contribution < 1.29 is 14.5 Å². The maximum absolute atomic E-state index is 10.7. The van der Waals surface area contributed by atoms with Gasteiger partial charge in [0, 0.05) is 31.7 Å². The molecule has 8 nitrogen and oxygen atoms in total. The van der Waals surface area contributed by atoms with Crippen LogP contribution in [0, 0.1) is 17.0 Å². The molecule has 2 heterocycles. The second-order valence-electron chi connectivity index (χ2n) is 6.66. The monoisotopic (exact) mass is 338 g/mol. The first-order valence-electron chi connectivity index (χ1n) is 7.86. The Hall–Kier alpha value is -2.22. The summed E-state index contributed by atoms with van der Waals surface area (Å²) in [5.74, 6) is 0.821. The Morgan fingerprint density at radius 1 is 1.46 bits per heavy atom. The third kappa shape index (κ3) is 6.49. The number of piperazine rings is 1. The first-order chi connectivity index (χ1) is 11.1. The van der Waals surface area contributed by atoms with Crippen LogP contribution in [0.2, 0.25) is 0 Å². The molecule has 0 spiro atoms. The van der Waals surface area contributed by atoms with Gasteiger partial charge in [-0.15, -0.1) is 0 Å². The largest absolute Gasteiger partial charge is 0.462 e. The highest BCUT2D eigenvalue weighted by molar-refractivity contribution is 5.47. The molecule has 1 aromatic rings. The van der Waals surface area contributed by atoms with E-state index in [9.17, 15) is 14.9 Å². The van der Waals surface area contributed by atoms with Crippen molar-refractivity contribution in [2.75, 3.05) is 24.5 Å². The maximum Gasteiger partial charge on any atom is 0.293 e. The molecule has 0 radical (unpaired) electrons. The molecule has 0 bridgehead atoms. The van der Waals surface area contributed by atoms with Crippen molar-refractivity contribution in [3.8, 4) is 0 Å². The van der Waals surface area contributed by atoms with Gasteiger partial charge in [0.05, 0.1) is 4.92 Å². The lowest BCUT2D eigenvalue weighted by molar-refractivity contribution is -0.385. The van der Waals surface area contributed by atoms with Crippen molar-refractivity contribution in [3.05, 3.63) is 27.9 Å². The molecule has 0 aliphatic carbocycles. The zero-order valence-electron chi connectivity index (χ0n) is 14.9. The normalized spacial score (nSPS) is 17.5. The van der Waals surface area contributed by atoms with E-state index in [1.165, 1.54) is 6.07 Å². The molecule has 1 saturated heterocycles. The Morgan fingerprint density at radius 3 is 2.54 bits per heavy atom. The average molecular weight is 338 g/mol. The first-order valence-corrected chi connectivity index (χ1v) is 7.86. The second-order valence-corrected chi connectivity index (χ2v) is 6.66. The molecule has 0 unspecified atom stereocenters. The topological polar surface area (TPSA) is 97.6 Å². The van der Waals surface area contributed by atoms with Gasteiger partial charge in [0.15, 0.2) is 0 Å². The lowest BCUT2D eigenvalue weighted by Crippen LogP contribution is -2.49. The van der Waals surface area contributed by atoms with Crippen LogP contribution < -0.4 is 10.2 Å². The van der Waals surface area contributed by atoms with Crippen molar-refractivity contribution in [2.24, 2.45) is 0 Å². The Labute approximate surface area is 142 Å². The van der Waals surface area contributed by atoms with Gasteiger partial charge < -0.3 is 15.0 Å². The fraction of sp³-hybridized carbons (Fsp3) is 0.625. The van der Waals surface area contributed by atoms with Gasteiger partial charge in [0.1, 0.15) is 17.1 Å². The number of nitro groups is 1. The maximum atomic E-state index is 10.7. The van der Waals surface area contributed by atoms with Crippen LogP contribution in [0.15, 0.2) is 12.1 Å². The van der Waals surface area contributed by atoms with Crippen molar-refractivity contribution in [2.45, 2.75) is 46.3 Å². The molecule has 1 N–H and O–H groups in total. The number of ether oxygens (including phenoxy) is 1. The van der Waals surface area contributed by atoms with Gasteiger partial charge in [-0.25, -0.2) is 4.98 Å². The third-order valence-corrected chi connectivity index (χ3v) is 3.33. The summed E-state index contributed by atoms with van der Waals surface area (Å²) in [6.07, 6.45) is 0. The quantitative estimate of drug-likeness (QED) is 0.512. The van der Waals surface area contributed by atoms with Crippen LogP contribution >= 0.6 is 0 Å². The molecule has 1 fully saturated rings. The van der Waals surface area contributed by atoms with Crippen LogP contribution in [-0.2, 0) is 9.53 Å². The molecule has 2 rings (SSSR count). The summed E-state index contributed by atoms with van der Waals surface area (Å²) < 4.78 is 4.55. The fourth-order valence-electron chi connectivity index (χ4n) is 2.19. The smallest absolute Gasteiger partial charge is 0.293 e. The average Bonchev–Trinajstić information content (AvgIpc) is 2.46. The number of hydrogen-bond acceptors (Lipinski definition) is 7. The number of anilines is 1. The molecule has 0 saturated carbocycles. The number of nitrogens with zero attached hydrogens (tertiary/aromatic N) is 3. The van der Waals surface area contributed by atoms with Crippen molar-refractivity contribution in [1.82, 2.24) is 10.3 Å². The molecule has 8 heteroatoms. The van der Waals surface area contributed by atoms with Crippen LogP contribution in [0.5, 0.6) is 0 Å². The van der Waals surface area contributed by atoms with Gasteiger partial charge in [-0.1, -0.05) is 0 Å². The number of carbonyl (C=O) groups excluding carboxylic acids is 1. The summed E-state index contributed by atoms with van der Waals surface area (Å²) >= 11 is 0. The van der Waals surface area contributed by atoms with Gasteiger partial charge in [-0.2, -0.15) is 0 Å². The van der Waals surface area contributed by atoms with E-state index < -0.39 is 4.92 Å². The Balaban J connectivity index is 0.000000351. The highest BCUT2D eigenvalue weighted by atomic mass is 16.6. The molecule has 24 heavy (non-hydrogen) atoms. The Kier molecular flexibility index (Phi) is 7.09. The lowest BCUT2D eigenvalue weighted by atomic mass is 10.2. The molecular formula is C16H26N4O4. The van der Waals surface area contributed by atoms with E-state index in [1.54, 1.807) is 13.0 Å². The molecule has 1 aliphatic heterocycles. The summed E-state index contributed by atoms with van der Waals surface area (Å²) in [5, 5.41) is 14.1.